The van der Waals surface area contributed by atoms with Crippen LogP contribution in [0.4, 0.5) is 20.2 Å². The average molecular weight is 346 g/mol. The highest BCUT2D eigenvalue weighted by atomic mass is 19.1. The molecule has 0 radical (unpaired) electrons. The summed E-state index contributed by atoms with van der Waals surface area (Å²) in [6.07, 6.45) is 0.729. The number of halogens is 2. The Bertz CT molecular complexity index is 818. The van der Waals surface area contributed by atoms with Gasteiger partial charge in [-0.05, 0) is 49.2 Å². The molecule has 1 fully saturated rings. The second kappa shape index (κ2) is 6.51. The first-order valence-electron chi connectivity index (χ1n) is 7.67. The fourth-order valence-corrected chi connectivity index (χ4v) is 2.44. The molecule has 25 heavy (non-hydrogen) atoms. The maximum absolute atomic E-state index is 13.7. The zero-order chi connectivity index (χ0) is 18.0. The van der Waals surface area contributed by atoms with Crippen molar-refractivity contribution < 1.29 is 23.1 Å². The Labute approximate surface area is 143 Å². The topological polar surface area (TPSA) is 67.4 Å². The summed E-state index contributed by atoms with van der Waals surface area (Å²) in [6.45, 7) is 0. The maximum atomic E-state index is 13.7. The van der Waals surface area contributed by atoms with Crippen LogP contribution in [0.3, 0.4) is 0 Å². The summed E-state index contributed by atoms with van der Waals surface area (Å²) in [5.74, 6) is -2.06. The molecular formula is C18H16F2N2O3. The largest absolute Gasteiger partial charge is 0.497 e. The van der Waals surface area contributed by atoms with Crippen molar-refractivity contribution in [3.63, 3.8) is 0 Å². The summed E-state index contributed by atoms with van der Waals surface area (Å²) in [4.78, 5) is 24.9. The van der Waals surface area contributed by atoms with Crippen molar-refractivity contribution >= 4 is 23.2 Å². The number of ether oxygens (including phenoxy) is 1. The molecular weight excluding hydrogens is 330 g/mol. The number of rotatable bonds is 5. The minimum atomic E-state index is -1.24. The van der Waals surface area contributed by atoms with E-state index in [9.17, 15) is 18.4 Å². The van der Waals surface area contributed by atoms with Crippen molar-refractivity contribution in [1.82, 2.24) is 0 Å². The van der Waals surface area contributed by atoms with E-state index >= 15 is 0 Å². The number of benzene rings is 2. The minimum Gasteiger partial charge on any atom is -0.497 e. The second-order valence-corrected chi connectivity index (χ2v) is 5.84. The Morgan fingerprint density at radius 1 is 1.00 bits per heavy atom. The third-order valence-electron chi connectivity index (χ3n) is 4.15. The van der Waals surface area contributed by atoms with Gasteiger partial charge in [-0.2, -0.15) is 0 Å². The van der Waals surface area contributed by atoms with E-state index in [1.807, 2.05) is 0 Å². The van der Waals surface area contributed by atoms with Crippen LogP contribution in [-0.4, -0.2) is 18.9 Å². The molecule has 0 bridgehead atoms. The van der Waals surface area contributed by atoms with E-state index in [0.717, 1.165) is 12.1 Å². The summed E-state index contributed by atoms with van der Waals surface area (Å²) < 4.78 is 31.6. The fraction of sp³-hybridized carbons (Fsp3) is 0.222. The van der Waals surface area contributed by atoms with Gasteiger partial charge in [-0.15, -0.1) is 0 Å². The Morgan fingerprint density at radius 2 is 1.64 bits per heavy atom. The van der Waals surface area contributed by atoms with Gasteiger partial charge in [-0.3, -0.25) is 9.59 Å². The van der Waals surface area contributed by atoms with Crippen LogP contribution >= 0.6 is 0 Å². The van der Waals surface area contributed by atoms with Crippen LogP contribution in [0.5, 0.6) is 5.75 Å². The molecule has 0 atom stereocenters. The lowest BCUT2D eigenvalue weighted by Gasteiger charge is -2.16. The molecule has 2 aromatic rings. The summed E-state index contributed by atoms with van der Waals surface area (Å²) in [7, 11) is 1.53. The average Bonchev–Trinajstić information content (AvgIpc) is 3.40. The molecule has 2 N–H and O–H groups in total. The van der Waals surface area contributed by atoms with Gasteiger partial charge in [0.15, 0.2) is 0 Å². The van der Waals surface area contributed by atoms with E-state index in [2.05, 4.69) is 10.6 Å². The molecule has 0 spiro atoms. The first kappa shape index (κ1) is 16.9. The molecule has 0 aliphatic heterocycles. The van der Waals surface area contributed by atoms with Crippen molar-refractivity contribution in [3.8, 4) is 5.75 Å². The standard InChI is InChI=1S/C18H16F2N2O3/c1-25-13-5-3-12(4-6-13)21-16(23)18(8-9-18)17(24)22-15-7-2-11(19)10-14(15)20/h2-7,10H,8-9H2,1H3,(H,21,23)(H,22,24). The van der Waals surface area contributed by atoms with Crippen LogP contribution in [0.2, 0.25) is 0 Å². The van der Waals surface area contributed by atoms with Crippen LogP contribution in [0.15, 0.2) is 42.5 Å². The van der Waals surface area contributed by atoms with E-state index in [1.54, 1.807) is 24.3 Å². The first-order valence-corrected chi connectivity index (χ1v) is 7.67. The predicted molar refractivity (Wildman–Crippen MR) is 88.3 cm³/mol. The lowest BCUT2D eigenvalue weighted by atomic mass is 10.0. The molecule has 2 aromatic carbocycles. The van der Waals surface area contributed by atoms with Crippen LogP contribution in [0.1, 0.15) is 12.8 Å². The molecule has 130 valence electrons. The van der Waals surface area contributed by atoms with Crippen molar-refractivity contribution in [3.05, 3.63) is 54.1 Å². The van der Waals surface area contributed by atoms with Crippen LogP contribution in [0.25, 0.3) is 0 Å². The highest BCUT2D eigenvalue weighted by molar-refractivity contribution is 6.16. The van der Waals surface area contributed by atoms with Crippen molar-refractivity contribution in [2.75, 3.05) is 17.7 Å². The second-order valence-electron chi connectivity index (χ2n) is 5.84. The van der Waals surface area contributed by atoms with Crippen LogP contribution < -0.4 is 15.4 Å². The number of amides is 2. The number of carbonyl (C=O) groups excluding carboxylic acids is 2. The molecule has 5 nitrogen and oxygen atoms in total. The van der Waals surface area contributed by atoms with Crippen LogP contribution in [0, 0.1) is 17.0 Å². The summed E-state index contributed by atoms with van der Waals surface area (Å²) in [6, 6.07) is 9.52. The van der Waals surface area contributed by atoms with Gasteiger partial charge in [0.05, 0.1) is 12.8 Å². The molecule has 0 unspecified atom stereocenters. The van der Waals surface area contributed by atoms with Gasteiger partial charge in [-0.1, -0.05) is 0 Å². The number of carbonyl (C=O) groups is 2. The highest BCUT2D eigenvalue weighted by Crippen LogP contribution is 2.47. The van der Waals surface area contributed by atoms with E-state index in [-0.39, 0.29) is 5.69 Å². The van der Waals surface area contributed by atoms with Crippen molar-refractivity contribution in [2.24, 2.45) is 5.41 Å². The van der Waals surface area contributed by atoms with Crippen molar-refractivity contribution in [2.45, 2.75) is 12.8 Å². The van der Waals surface area contributed by atoms with Gasteiger partial charge < -0.3 is 15.4 Å². The smallest absolute Gasteiger partial charge is 0.240 e. The molecule has 1 saturated carbocycles. The van der Waals surface area contributed by atoms with E-state index in [1.165, 1.54) is 7.11 Å². The number of hydrogen-bond acceptors (Lipinski definition) is 3. The van der Waals surface area contributed by atoms with Gasteiger partial charge >= 0.3 is 0 Å². The first-order chi connectivity index (χ1) is 11.9. The van der Waals surface area contributed by atoms with Gasteiger partial charge in [0, 0.05) is 11.8 Å². The molecule has 0 aromatic heterocycles. The monoisotopic (exact) mass is 346 g/mol. The SMILES string of the molecule is COc1ccc(NC(=O)C2(C(=O)Nc3ccc(F)cc3F)CC2)cc1. The Balaban J connectivity index is 1.69. The van der Waals surface area contributed by atoms with Gasteiger partial charge in [-0.25, -0.2) is 8.78 Å². The summed E-state index contributed by atoms with van der Waals surface area (Å²) >= 11 is 0. The Kier molecular flexibility index (Phi) is 4.39. The molecule has 0 heterocycles. The summed E-state index contributed by atoms with van der Waals surface area (Å²) in [5.41, 5.74) is -0.867. The quantitative estimate of drug-likeness (QED) is 0.816. The Morgan fingerprint density at radius 3 is 2.20 bits per heavy atom. The number of hydrogen-bond donors (Lipinski definition) is 2. The maximum Gasteiger partial charge on any atom is 0.240 e. The summed E-state index contributed by atoms with van der Waals surface area (Å²) in [5, 5.41) is 5.04. The minimum absolute atomic E-state index is 0.157. The normalized spacial score (nSPS) is 14.5. The molecule has 1 aliphatic carbocycles. The third kappa shape index (κ3) is 3.45. The predicted octanol–water partition coefficient (Wildman–Crippen LogP) is 3.33. The van der Waals surface area contributed by atoms with E-state index < -0.39 is 28.9 Å². The van der Waals surface area contributed by atoms with Crippen LogP contribution in [-0.2, 0) is 9.59 Å². The molecule has 7 heteroatoms. The highest BCUT2D eigenvalue weighted by Gasteiger charge is 2.56. The van der Waals surface area contributed by atoms with Gasteiger partial charge in [0.2, 0.25) is 11.8 Å². The molecule has 1 aliphatic rings. The van der Waals surface area contributed by atoms with E-state index in [4.69, 9.17) is 4.74 Å². The zero-order valence-electron chi connectivity index (χ0n) is 13.4. The zero-order valence-corrected chi connectivity index (χ0v) is 13.4. The van der Waals surface area contributed by atoms with Gasteiger partial charge in [0.1, 0.15) is 22.8 Å². The lowest BCUT2D eigenvalue weighted by molar-refractivity contribution is -0.131. The van der Waals surface area contributed by atoms with Crippen molar-refractivity contribution in [1.29, 1.82) is 0 Å². The number of anilines is 2. The number of nitrogens with one attached hydrogen (secondary N) is 2. The molecule has 3 rings (SSSR count). The fourth-order valence-electron chi connectivity index (χ4n) is 2.44. The number of methoxy groups -OCH3 is 1. The van der Waals surface area contributed by atoms with E-state index in [0.29, 0.717) is 30.3 Å². The van der Waals surface area contributed by atoms with Gasteiger partial charge in [0.25, 0.3) is 0 Å². The lowest BCUT2D eigenvalue weighted by Crippen LogP contribution is -2.35. The Hall–Kier alpha value is -2.96. The molecule has 2 amide bonds. The molecule has 0 saturated heterocycles. The third-order valence-corrected chi connectivity index (χ3v) is 4.15.